The van der Waals surface area contributed by atoms with Gasteiger partial charge in [0.1, 0.15) is 5.71 Å². The SMILES string of the molecule is Cc1ccccc1N/N=C1\COC(C)(C)CC1=O. The van der Waals surface area contributed by atoms with Gasteiger partial charge in [0.15, 0.2) is 5.78 Å². The number of nitrogens with one attached hydrogen (secondary N) is 1. The lowest BCUT2D eigenvalue weighted by Gasteiger charge is -2.29. The van der Waals surface area contributed by atoms with Gasteiger partial charge in [-0.15, -0.1) is 0 Å². The largest absolute Gasteiger partial charge is 0.369 e. The van der Waals surface area contributed by atoms with Crippen LogP contribution < -0.4 is 5.43 Å². The van der Waals surface area contributed by atoms with Crippen molar-refractivity contribution in [3.8, 4) is 0 Å². The van der Waals surface area contributed by atoms with Crippen molar-refractivity contribution >= 4 is 17.2 Å². The number of ketones is 1. The number of anilines is 1. The van der Waals surface area contributed by atoms with Crippen molar-refractivity contribution in [2.45, 2.75) is 32.8 Å². The van der Waals surface area contributed by atoms with E-state index in [-0.39, 0.29) is 18.0 Å². The summed E-state index contributed by atoms with van der Waals surface area (Å²) in [7, 11) is 0. The Morgan fingerprint density at radius 2 is 2.06 bits per heavy atom. The van der Waals surface area contributed by atoms with Crippen molar-refractivity contribution in [3.63, 3.8) is 0 Å². The molecule has 0 amide bonds. The maximum absolute atomic E-state index is 11.9. The van der Waals surface area contributed by atoms with Gasteiger partial charge in [-0.05, 0) is 32.4 Å². The van der Waals surface area contributed by atoms with E-state index in [2.05, 4.69) is 10.5 Å². The molecule has 1 N–H and O–H groups in total. The summed E-state index contributed by atoms with van der Waals surface area (Å²) in [6.45, 7) is 6.09. The van der Waals surface area contributed by atoms with Crippen molar-refractivity contribution in [1.82, 2.24) is 0 Å². The molecule has 1 aromatic rings. The number of hydrogen-bond acceptors (Lipinski definition) is 4. The zero-order valence-electron chi connectivity index (χ0n) is 11.0. The fourth-order valence-electron chi connectivity index (χ4n) is 1.80. The number of Topliss-reactive ketones (excluding diaryl/α,β-unsaturated/α-hetero) is 1. The Kier molecular flexibility index (Phi) is 3.48. The zero-order valence-corrected chi connectivity index (χ0v) is 11.0. The first-order chi connectivity index (χ1) is 8.48. The summed E-state index contributed by atoms with van der Waals surface area (Å²) in [6.07, 6.45) is 0.376. The minimum absolute atomic E-state index is 0.0485. The number of hydrogen-bond donors (Lipinski definition) is 1. The van der Waals surface area contributed by atoms with Crippen LogP contribution >= 0.6 is 0 Å². The summed E-state index contributed by atoms with van der Waals surface area (Å²) in [5.74, 6) is 0.0485. The molecule has 4 heteroatoms. The van der Waals surface area contributed by atoms with E-state index in [1.165, 1.54) is 0 Å². The molecule has 1 aliphatic rings. The second-order valence-electron chi connectivity index (χ2n) is 5.13. The zero-order chi connectivity index (χ0) is 13.2. The van der Waals surface area contributed by atoms with Crippen LogP contribution in [-0.4, -0.2) is 23.7 Å². The summed E-state index contributed by atoms with van der Waals surface area (Å²) in [5, 5.41) is 4.15. The summed E-state index contributed by atoms with van der Waals surface area (Å²) in [6, 6.07) is 7.81. The number of aryl methyl sites for hydroxylation is 1. The number of hydrazone groups is 1. The first-order valence-electron chi connectivity index (χ1n) is 6.03. The van der Waals surface area contributed by atoms with Crippen LogP contribution in [0.25, 0.3) is 0 Å². The standard InChI is InChI=1S/C14H18N2O2/c1-10-6-4-5-7-11(10)15-16-12-9-18-14(2,3)8-13(12)17/h4-7,15H,8-9H2,1-3H3/b16-12+. The lowest BCUT2D eigenvalue weighted by Crippen LogP contribution is -2.40. The molecule has 18 heavy (non-hydrogen) atoms. The van der Waals surface area contributed by atoms with Crippen LogP contribution in [0.4, 0.5) is 5.69 Å². The van der Waals surface area contributed by atoms with E-state index in [0.717, 1.165) is 11.3 Å². The first kappa shape index (κ1) is 12.8. The third-order valence-corrected chi connectivity index (χ3v) is 2.96. The summed E-state index contributed by atoms with van der Waals surface area (Å²) in [4.78, 5) is 11.9. The van der Waals surface area contributed by atoms with Gasteiger partial charge in [0.25, 0.3) is 0 Å². The predicted octanol–water partition coefficient (Wildman–Crippen LogP) is 2.53. The van der Waals surface area contributed by atoms with Crippen molar-refractivity contribution in [1.29, 1.82) is 0 Å². The number of para-hydroxylation sites is 1. The Morgan fingerprint density at radius 1 is 1.33 bits per heavy atom. The van der Waals surface area contributed by atoms with Crippen LogP contribution in [0.15, 0.2) is 29.4 Å². The minimum atomic E-state index is -0.376. The smallest absolute Gasteiger partial charge is 0.184 e. The molecule has 2 rings (SSSR count). The van der Waals surface area contributed by atoms with Gasteiger partial charge in [-0.3, -0.25) is 10.2 Å². The van der Waals surface area contributed by atoms with E-state index in [9.17, 15) is 4.79 Å². The quantitative estimate of drug-likeness (QED) is 0.816. The predicted molar refractivity (Wildman–Crippen MR) is 71.9 cm³/mol. The Labute approximate surface area is 107 Å². The lowest BCUT2D eigenvalue weighted by molar-refractivity contribution is -0.122. The van der Waals surface area contributed by atoms with Crippen molar-refractivity contribution < 1.29 is 9.53 Å². The molecule has 1 saturated heterocycles. The normalized spacial score (nSPS) is 21.1. The molecule has 1 fully saturated rings. The number of rotatable bonds is 2. The maximum Gasteiger partial charge on any atom is 0.184 e. The summed E-state index contributed by atoms with van der Waals surface area (Å²) in [5.41, 5.74) is 5.00. The second kappa shape index (κ2) is 4.90. The molecule has 0 atom stereocenters. The van der Waals surface area contributed by atoms with E-state index < -0.39 is 0 Å². The van der Waals surface area contributed by atoms with Crippen LogP contribution in [0.3, 0.4) is 0 Å². The van der Waals surface area contributed by atoms with E-state index in [1.807, 2.05) is 45.0 Å². The van der Waals surface area contributed by atoms with Crippen LogP contribution in [0.5, 0.6) is 0 Å². The Hall–Kier alpha value is -1.68. The fourth-order valence-corrected chi connectivity index (χ4v) is 1.80. The third-order valence-electron chi connectivity index (χ3n) is 2.96. The van der Waals surface area contributed by atoms with E-state index in [4.69, 9.17) is 4.74 Å². The van der Waals surface area contributed by atoms with Gasteiger partial charge in [0.05, 0.1) is 17.9 Å². The monoisotopic (exact) mass is 246 g/mol. The lowest BCUT2D eigenvalue weighted by atomic mass is 9.96. The molecule has 0 radical (unpaired) electrons. The molecule has 0 aliphatic carbocycles. The van der Waals surface area contributed by atoms with Gasteiger partial charge in [-0.1, -0.05) is 18.2 Å². The fraction of sp³-hybridized carbons (Fsp3) is 0.429. The molecule has 4 nitrogen and oxygen atoms in total. The van der Waals surface area contributed by atoms with Crippen molar-refractivity contribution in [2.24, 2.45) is 5.10 Å². The Balaban J connectivity index is 2.07. The molecule has 96 valence electrons. The van der Waals surface area contributed by atoms with Gasteiger partial charge in [-0.2, -0.15) is 5.10 Å². The highest BCUT2D eigenvalue weighted by Gasteiger charge is 2.31. The van der Waals surface area contributed by atoms with E-state index in [1.54, 1.807) is 0 Å². The van der Waals surface area contributed by atoms with Gasteiger partial charge in [0, 0.05) is 6.42 Å². The van der Waals surface area contributed by atoms with E-state index >= 15 is 0 Å². The van der Waals surface area contributed by atoms with Crippen LogP contribution in [0, 0.1) is 6.92 Å². The number of benzene rings is 1. The van der Waals surface area contributed by atoms with Crippen molar-refractivity contribution in [3.05, 3.63) is 29.8 Å². The highest BCUT2D eigenvalue weighted by molar-refractivity contribution is 6.41. The Bertz CT molecular complexity index is 492. The van der Waals surface area contributed by atoms with Gasteiger partial charge in [-0.25, -0.2) is 0 Å². The van der Waals surface area contributed by atoms with Crippen LogP contribution in [-0.2, 0) is 9.53 Å². The molecule has 0 bridgehead atoms. The summed E-state index contributed by atoms with van der Waals surface area (Å²) >= 11 is 0. The topological polar surface area (TPSA) is 50.7 Å². The number of ether oxygens (including phenoxy) is 1. The average molecular weight is 246 g/mol. The molecule has 0 spiro atoms. The molecule has 0 unspecified atom stereocenters. The molecular weight excluding hydrogens is 228 g/mol. The maximum atomic E-state index is 11.9. The van der Waals surface area contributed by atoms with Gasteiger partial charge >= 0.3 is 0 Å². The van der Waals surface area contributed by atoms with Gasteiger partial charge < -0.3 is 4.74 Å². The third kappa shape index (κ3) is 2.96. The first-order valence-corrected chi connectivity index (χ1v) is 6.03. The van der Waals surface area contributed by atoms with Gasteiger partial charge in [0.2, 0.25) is 0 Å². The molecule has 1 heterocycles. The number of carbonyl (C=O) groups excluding carboxylic acids is 1. The second-order valence-corrected chi connectivity index (χ2v) is 5.13. The minimum Gasteiger partial charge on any atom is -0.369 e. The van der Waals surface area contributed by atoms with Crippen LogP contribution in [0.1, 0.15) is 25.8 Å². The highest BCUT2D eigenvalue weighted by atomic mass is 16.5. The van der Waals surface area contributed by atoms with E-state index in [0.29, 0.717) is 12.1 Å². The van der Waals surface area contributed by atoms with Crippen LogP contribution in [0.2, 0.25) is 0 Å². The Morgan fingerprint density at radius 3 is 2.72 bits per heavy atom. The highest BCUT2D eigenvalue weighted by Crippen LogP contribution is 2.20. The summed E-state index contributed by atoms with van der Waals surface area (Å²) < 4.78 is 5.58. The molecular formula is C14H18N2O2. The number of carbonyl (C=O) groups is 1. The van der Waals surface area contributed by atoms with Crippen molar-refractivity contribution in [2.75, 3.05) is 12.0 Å². The molecule has 1 aromatic carbocycles. The molecule has 0 aromatic heterocycles. The number of nitrogens with zero attached hydrogens (tertiary/aromatic N) is 1. The molecule has 1 aliphatic heterocycles. The molecule has 0 saturated carbocycles. The average Bonchev–Trinajstić information content (AvgIpc) is 2.29.